The van der Waals surface area contributed by atoms with Crippen molar-refractivity contribution < 1.29 is 14.3 Å². The number of thiophene rings is 1. The SMILES string of the molecule is CCOC(=O)c1c(NC(=O)C(C)Sc2c(-c3ccccc3)[nH]c3ccccc23)sc2c1CCC2. The molecule has 0 saturated carbocycles. The molecular weight excluding hydrogens is 464 g/mol. The van der Waals surface area contributed by atoms with Crippen molar-refractivity contribution in [2.24, 2.45) is 0 Å². The number of thioether (sulfide) groups is 1. The molecule has 5 rings (SSSR count). The van der Waals surface area contributed by atoms with Gasteiger partial charge in [-0.15, -0.1) is 23.1 Å². The molecule has 2 heterocycles. The summed E-state index contributed by atoms with van der Waals surface area (Å²) in [5.74, 6) is -0.472. The first-order chi connectivity index (χ1) is 16.6. The van der Waals surface area contributed by atoms with Crippen LogP contribution in [-0.4, -0.2) is 28.7 Å². The van der Waals surface area contributed by atoms with Gasteiger partial charge in [0.1, 0.15) is 5.00 Å². The lowest BCUT2D eigenvalue weighted by Gasteiger charge is -2.14. The predicted molar refractivity (Wildman–Crippen MR) is 140 cm³/mol. The summed E-state index contributed by atoms with van der Waals surface area (Å²) >= 11 is 3.04. The Balaban J connectivity index is 1.43. The number of carbonyl (C=O) groups excluding carboxylic acids is 2. The fourth-order valence-corrected chi connectivity index (χ4v) is 6.79. The second-order valence-electron chi connectivity index (χ2n) is 8.27. The topological polar surface area (TPSA) is 71.2 Å². The number of fused-ring (bicyclic) bond motifs is 2. The van der Waals surface area contributed by atoms with Crippen LogP contribution in [0.4, 0.5) is 5.00 Å². The molecule has 2 N–H and O–H groups in total. The average molecular weight is 491 g/mol. The number of carbonyl (C=O) groups is 2. The minimum atomic E-state index is -0.367. The molecule has 0 aliphatic heterocycles. The van der Waals surface area contributed by atoms with Gasteiger partial charge < -0.3 is 15.0 Å². The number of ether oxygens (including phenoxy) is 1. The van der Waals surface area contributed by atoms with Gasteiger partial charge in [-0.2, -0.15) is 0 Å². The van der Waals surface area contributed by atoms with Gasteiger partial charge in [0, 0.05) is 20.7 Å². The molecule has 1 amide bonds. The zero-order valence-corrected chi connectivity index (χ0v) is 20.8. The number of hydrogen-bond acceptors (Lipinski definition) is 5. The van der Waals surface area contributed by atoms with Crippen LogP contribution >= 0.6 is 23.1 Å². The Morgan fingerprint density at radius 1 is 1.12 bits per heavy atom. The smallest absolute Gasteiger partial charge is 0.341 e. The van der Waals surface area contributed by atoms with E-state index in [1.807, 2.05) is 37.3 Å². The fourth-order valence-electron chi connectivity index (χ4n) is 4.40. The van der Waals surface area contributed by atoms with E-state index in [1.54, 1.807) is 6.92 Å². The number of benzene rings is 2. The van der Waals surface area contributed by atoms with Gasteiger partial charge in [-0.3, -0.25) is 4.79 Å². The van der Waals surface area contributed by atoms with Crippen LogP contribution in [0.3, 0.4) is 0 Å². The van der Waals surface area contributed by atoms with E-state index in [1.165, 1.54) is 28.0 Å². The standard InChI is InChI=1S/C27H26N2O3S2/c1-3-32-27(31)22-19-13-9-15-21(19)34-26(22)29-25(30)16(2)33-24-18-12-7-8-14-20(18)28-23(24)17-10-5-4-6-11-17/h4-8,10-12,14,16,28H,3,9,13,15H2,1-2H3,(H,29,30). The second kappa shape index (κ2) is 9.68. The molecule has 5 nitrogen and oxygen atoms in total. The van der Waals surface area contributed by atoms with Crippen molar-refractivity contribution in [3.63, 3.8) is 0 Å². The Hall–Kier alpha value is -3.03. The molecule has 1 atom stereocenters. The molecule has 0 radical (unpaired) electrons. The Labute approximate surface area is 206 Å². The summed E-state index contributed by atoms with van der Waals surface area (Å²) in [6, 6.07) is 18.3. The predicted octanol–water partition coefficient (Wildman–Crippen LogP) is 6.68. The fraction of sp³-hybridized carbons (Fsp3) is 0.259. The number of esters is 1. The van der Waals surface area contributed by atoms with E-state index >= 15 is 0 Å². The van der Waals surface area contributed by atoms with Crippen LogP contribution < -0.4 is 5.32 Å². The molecular formula is C27H26N2O3S2. The Kier molecular flexibility index (Phi) is 6.48. The quantitative estimate of drug-likeness (QED) is 0.224. The molecule has 2 aromatic carbocycles. The number of amides is 1. The molecule has 0 spiro atoms. The highest BCUT2D eigenvalue weighted by Gasteiger charge is 2.29. The number of para-hydroxylation sites is 1. The van der Waals surface area contributed by atoms with Crippen molar-refractivity contribution in [2.45, 2.75) is 43.3 Å². The number of aromatic amines is 1. The highest BCUT2D eigenvalue weighted by molar-refractivity contribution is 8.01. The average Bonchev–Trinajstić information content (AvgIpc) is 3.53. The maximum Gasteiger partial charge on any atom is 0.341 e. The lowest BCUT2D eigenvalue weighted by atomic mass is 10.1. The highest BCUT2D eigenvalue weighted by atomic mass is 32.2. The van der Waals surface area contributed by atoms with Crippen molar-refractivity contribution in [1.82, 2.24) is 4.98 Å². The van der Waals surface area contributed by atoms with Crippen LogP contribution in [0.25, 0.3) is 22.2 Å². The first kappa shape index (κ1) is 22.7. The first-order valence-corrected chi connectivity index (χ1v) is 13.2. The van der Waals surface area contributed by atoms with Crippen molar-refractivity contribution in [1.29, 1.82) is 0 Å². The molecule has 1 aliphatic rings. The van der Waals surface area contributed by atoms with Gasteiger partial charge in [0.15, 0.2) is 0 Å². The normalized spacial score (nSPS) is 13.6. The summed E-state index contributed by atoms with van der Waals surface area (Å²) in [4.78, 5) is 31.7. The molecule has 0 bridgehead atoms. The number of aryl methyl sites for hydroxylation is 1. The van der Waals surface area contributed by atoms with Crippen molar-refractivity contribution >= 4 is 50.9 Å². The van der Waals surface area contributed by atoms with Crippen LogP contribution in [0.2, 0.25) is 0 Å². The lowest BCUT2D eigenvalue weighted by molar-refractivity contribution is -0.115. The number of nitrogens with one attached hydrogen (secondary N) is 2. The summed E-state index contributed by atoms with van der Waals surface area (Å²) in [5, 5.41) is 4.38. The van der Waals surface area contributed by atoms with Crippen molar-refractivity contribution in [3.8, 4) is 11.3 Å². The van der Waals surface area contributed by atoms with Crippen LogP contribution in [-0.2, 0) is 22.4 Å². The van der Waals surface area contributed by atoms with Gasteiger partial charge >= 0.3 is 5.97 Å². The summed E-state index contributed by atoms with van der Waals surface area (Å²) in [5.41, 5.74) is 4.71. The zero-order valence-electron chi connectivity index (χ0n) is 19.1. The lowest BCUT2D eigenvalue weighted by Crippen LogP contribution is -2.23. The summed E-state index contributed by atoms with van der Waals surface area (Å²) in [7, 11) is 0. The third-order valence-electron chi connectivity index (χ3n) is 6.02. The van der Waals surface area contributed by atoms with E-state index in [-0.39, 0.29) is 17.1 Å². The second-order valence-corrected chi connectivity index (χ2v) is 10.7. The van der Waals surface area contributed by atoms with Gasteiger partial charge in [0.25, 0.3) is 0 Å². The largest absolute Gasteiger partial charge is 0.462 e. The van der Waals surface area contributed by atoms with E-state index in [2.05, 4.69) is 34.6 Å². The molecule has 174 valence electrons. The summed E-state index contributed by atoms with van der Waals surface area (Å²) in [6.45, 7) is 4.01. The third-order valence-corrected chi connectivity index (χ3v) is 8.46. The van der Waals surface area contributed by atoms with Crippen LogP contribution in [0.5, 0.6) is 0 Å². The number of aromatic nitrogens is 1. The van der Waals surface area contributed by atoms with Crippen molar-refractivity contribution in [3.05, 3.63) is 70.6 Å². The molecule has 4 aromatic rings. The van der Waals surface area contributed by atoms with Gasteiger partial charge in [-0.25, -0.2) is 4.79 Å². The number of anilines is 1. The molecule has 7 heteroatoms. The summed E-state index contributed by atoms with van der Waals surface area (Å²) in [6.07, 6.45) is 2.84. The van der Waals surface area contributed by atoms with Gasteiger partial charge in [0.05, 0.1) is 23.1 Å². The van der Waals surface area contributed by atoms with Gasteiger partial charge in [-0.1, -0.05) is 48.5 Å². The molecule has 1 aliphatic carbocycles. The maximum atomic E-state index is 13.3. The van der Waals surface area contributed by atoms with Crippen LogP contribution in [0, 0.1) is 0 Å². The van der Waals surface area contributed by atoms with E-state index in [0.29, 0.717) is 17.2 Å². The minimum Gasteiger partial charge on any atom is -0.462 e. The maximum absolute atomic E-state index is 13.3. The van der Waals surface area contributed by atoms with Crippen molar-refractivity contribution in [2.75, 3.05) is 11.9 Å². The Morgan fingerprint density at radius 3 is 2.68 bits per heavy atom. The van der Waals surface area contributed by atoms with Gasteiger partial charge in [0.2, 0.25) is 5.91 Å². The summed E-state index contributed by atoms with van der Waals surface area (Å²) < 4.78 is 5.30. The zero-order chi connectivity index (χ0) is 23.7. The third kappa shape index (κ3) is 4.26. The Morgan fingerprint density at radius 2 is 1.88 bits per heavy atom. The van der Waals surface area contributed by atoms with Crippen LogP contribution in [0.15, 0.2) is 59.5 Å². The first-order valence-electron chi connectivity index (χ1n) is 11.5. The van der Waals surface area contributed by atoms with E-state index in [9.17, 15) is 9.59 Å². The van der Waals surface area contributed by atoms with E-state index < -0.39 is 0 Å². The Bertz CT molecular complexity index is 1360. The number of H-pyrrole nitrogens is 1. The van der Waals surface area contributed by atoms with E-state index in [4.69, 9.17) is 4.74 Å². The number of rotatable bonds is 7. The van der Waals surface area contributed by atoms with Gasteiger partial charge in [-0.05, 0) is 50.3 Å². The monoisotopic (exact) mass is 490 g/mol. The van der Waals surface area contributed by atoms with E-state index in [0.717, 1.165) is 51.9 Å². The number of hydrogen-bond donors (Lipinski definition) is 2. The molecule has 2 aromatic heterocycles. The molecule has 1 unspecified atom stereocenters. The molecule has 0 saturated heterocycles. The molecule has 34 heavy (non-hydrogen) atoms. The van der Waals surface area contributed by atoms with Crippen LogP contribution in [0.1, 0.15) is 41.1 Å². The molecule has 0 fully saturated rings. The highest BCUT2D eigenvalue weighted by Crippen LogP contribution is 2.42. The minimum absolute atomic E-state index is 0.125.